The van der Waals surface area contributed by atoms with Gasteiger partial charge < -0.3 is 15.5 Å². The molecule has 0 aliphatic heterocycles. The number of nitrogens with zero attached hydrogens (tertiary/aromatic N) is 3. The number of likely N-dealkylation sites (N-methyl/N-ethyl adjacent to an activating group) is 1. The van der Waals surface area contributed by atoms with Crippen LogP contribution >= 0.6 is 0 Å². The summed E-state index contributed by atoms with van der Waals surface area (Å²) in [6.45, 7) is 0.737. The van der Waals surface area contributed by atoms with Crippen LogP contribution in [0, 0.1) is 0 Å². The molecule has 7 heteroatoms. The van der Waals surface area contributed by atoms with Crippen molar-refractivity contribution in [2.75, 3.05) is 26.0 Å². The monoisotopic (exact) mass is 405 g/mol. The Labute approximate surface area is 176 Å². The molecule has 0 spiro atoms. The van der Waals surface area contributed by atoms with Crippen molar-refractivity contribution < 1.29 is 9.59 Å². The van der Waals surface area contributed by atoms with E-state index in [0.29, 0.717) is 25.9 Å². The summed E-state index contributed by atoms with van der Waals surface area (Å²) in [5, 5.41) is 10.2. The zero-order valence-corrected chi connectivity index (χ0v) is 17.3. The maximum atomic E-state index is 12.2. The smallest absolute Gasteiger partial charge is 0.238 e. The lowest BCUT2D eigenvalue weighted by Crippen LogP contribution is -2.27. The van der Waals surface area contributed by atoms with Gasteiger partial charge in [-0.15, -0.1) is 0 Å². The van der Waals surface area contributed by atoms with E-state index in [9.17, 15) is 9.59 Å². The fourth-order valence-electron chi connectivity index (χ4n) is 3.00. The van der Waals surface area contributed by atoms with Gasteiger partial charge in [-0.05, 0) is 55.9 Å². The summed E-state index contributed by atoms with van der Waals surface area (Å²) in [7, 11) is 3.69. The summed E-state index contributed by atoms with van der Waals surface area (Å²) in [6, 6.07) is 17.4. The Morgan fingerprint density at radius 1 is 1.00 bits per heavy atom. The third kappa shape index (κ3) is 6.56. The van der Waals surface area contributed by atoms with Gasteiger partial charge in [0.1, 0.15) is 0 Å². The summed E-state index contributed by atoms with van der Waals surface area (Å²) in [5.74, 6) is -0.0956. The number of amides is 2. The van der Waals surface area contributed by atoms with Gasteiger partial charge in [-0.1, -0.05) is 30.3 Å². The second-order valence-electron chi connectivity index (χ2n) is 7.39. The number of anilines is 1. The summed E-state index contributed by atoms with van der Waals surface area (Å²) in [4.78, 5) is 25.9. The molecule has 0 atom stereocenters. The number of carbonyl (C=O) groups excluding carboxylic acids is 2. The molecular weight excluding hydrogens is 378 g/mol. The standard InChI is InChI=1S/C23H27N5O2/c1-27(2)17-23(30)26-20-8-6-7-18(13-20)14-24-22(29)12-11-19-15-25-28(16-19)21-9-4-3-5-10-21/h3-10,13,15-16H,11-12,14,17H2,1-2H3,(H,24,29)(H,26,30). The van der Waals surface area contributed by atoms with Crippen LogP contribution in [0.2, 0.25) is 0 Å². The van der Waals surface area contributed by atoms with Gasteiger partial charge in [-0.3, -0.25) is 9.59 Å². The Morgan fingerprint density at radius 2 is 1.80 bits per heavy atom. The quantitative estimate of drug-likeness (QED) is 0.574. The van der Waals surface area contributed by atoms with Gasteiger partial charge in [0.05, 0.1) is 18.4 Å². The molecule has 0 unspecified atom stereocenters. The molecule has 2 amide bonds. The van der Waals surface area contributed by atoms with Crippen molar-refractivity contribution in [3.05, 3.63) is 78.1 Å². The van der Waals surface area contributed by atoms with Crippen molar-refractivity contribution in [1.82, 2.24) is 20.0 Å². The Kier molecular flexibility index (Phi) is 7.34. The molecule has 156 valence electrons. The molecule has 7 nitrogen and oxygen atoms in total. The molecule has 3 aromatic rings. The zero-order chi connectivity index (χ0) is 21.3. The number of hydrogen-bond acceptors (Lipinski definition) is 4. The number of hydrogen-bond donors (Lipinski definition) is 2. The molecule has 0 radical (unpaired) electrons. The van der Waals surface area contributed by atoms with Crippen molar-refractivity contribution in [3.63, 3.8) is 0 Å². The summed E-state index contributed by atoms with van der Waals surface area (Å²) >= 11 is 0. The van der Waals surface area contributed by atoms with E-state index >= 15 is 0 Å². The molecule has 0 fully saturated rings. The maximum absolute atomic E-state index is 12.2. The van der Waals surface area contributed by atoms with Crippen LogP contribution in [0.25, 0.3) is 5.69 Å². The molecule has 30 heavy (non-hydrogen) atoms. The number of para-hydroxylation sites is 1. The average molecular weight is 406 g/mol. The third-order valence-corrected chi connectivity index (χ3v) is 4.46. The van der Waals surface area contributed by atoms with Crippen molar-refractivity contribution in [3.8, 4) is 5.69 Å². The topological polar surface area (TPSA) is 79.3 Å². The lowest BCUT2D eigenvalue weighted by Gasteiger charge is -2.11. The van der Waals surface area contributed by atoms with Crippen LogP contribution in [0.4, 0.5) is 5.69 Å². The van der Waals surface area contributed by atoms with E-state index in [4.69, 9.17) is 0 Å². The van der Waals surface area contributed by atoms with Crippen molar-refractivity contribution in [1.29, 1.82) is 0 Å². The van der Waals surface area contributed by atoms with Gasteiger partial charge in [-0.2, -0.15) is 5.10 Å². The van der Waals surface area contributed by atoms with E-state index in [0.717, 1.165) is 22.5 Å². The molecule has 2 aromatic carbocycles. The van der Waals surface area contributed by atoms with Crippen LogP contribution in [0.1, 0.15) is 17.5 Å². The van der Waals surface area contributed by atoms with Crippen LogP contribution in [-0.2, 0) is 22.6 Å². The molecular formula is C23H27N5O2. The van der Waals surface area contributed by atoms with E-state index in [-0.39, 0.29) is 11.8 Å². The molecule has 0 bridgehead atoms. The number of aromatic nitrogens is 2. The summed E-state index contributed by atoms with van der Waals surface area (Å²) < 4.78 is 1.81. The highest BCUT2D eigenvalue weighted by Crippen LogP contribution is 2.11. The highest BCUT2D eigenvalue weighted by molar-refractivity contribution is 5.92. The molecule has 0 saturated heterocycles. The molecule has 0 saturated carbocycles. The minimum Gasteiger partial charge on any atom is -0.352 e. The lowest BCUT2D eigenvalue weighted by atomic mass is 10.1. The first-order valence-corrected chi connectivity index (χ1v) is 9.89. The third-order valence-electron chi connectivity index (χ3n) is 4.46. The van der Waals surface area contributed by atoms with E-state index < -0.39 is 0 Å². The van der Waals surface area contributed by atoms with E-state index in [2.05, 4.69) is 15.7 Å². The Bertz CT molecular complexity index is 982. The van der Waals surface area contributed by atoms with Crippen LogP contribution in [0.15, 0.2) is 67.0 Å². The minimum atomic E-state index is -0.0720. The van der Waals surface area contributed by atoms with Crippen LogP contribution < -0.4 is 10.6 Å². The fraction of sp³-hybridized carbons (Fsp3) is 0.261. The molecule has 3 rings (SSSR count). The zero-order valence-electron chi connectivity index (χ0n) is 17.3. The van der Waals surface area contributed by atoms with Crippen molar-refractivity contribution in [2.45, 2.75) is 19.4 Å². The van der Waals surface area contributed by atoms with E-state index in [1.54, 1.807) is 6.20 Å². The number of benzene rings is 2. The van der Waals surface area contributed by atoms with Gasteiger partial charge in [-0.25, -0.2) is 4.68 Å². The number of carbonyl (C=O) groups is 2. The van der Waals surface area contributed by atoms with Gasteiger partial charge in [0.15, 0.2) is 0 Å². The Balaban J connectivity index is 1.45. The first kappa shape index (κ1) is 21.3. The summed E-state index contributed by atoms with van der Waals surface area (Å²) in [5.41, 5.74) is 3.66. The highest BCUT2D eigenvalue weighted by Gasteiger charge is 2.07. The van der Waals surface area contributed by atoms with Gasteiger partial charge >= 0.3 is 0 Å². The van der Waals surface area contributed by atoms with E-state index in [1.165, 1.54) is 0 Å². The number of nitrogens with one attached hydrogen (secondary N) is 2. The second-order valence-corrected chi connectivity index (χ2v) is 7.39. The molecule has 0 aliphatic carbocycles. The molecule has 0 aliphatic rings. The number of aryl methyl sites for hydroxylation is 1. The fourth-order valence-corrected chi connectivity index (χ4v) is 3.00. The lowest BCUT2D eigenvalue weighted by molar-refractivity contribution is -0.121. The normalized spacial score (nSPS) is 10.8. The van der Waals surface area contributed by atoms with Crippen LogP contribution in [0.3, 0.4) is 0 Å². The Hall–Kier alpha value is -3.45. The SMILES string of the molecule is CN(C)CC(=O)Nc1cccc(CNC(=O)CCc2cnn(-c3ccccc3)c2)c1. The molecule has 1 aromatic heterocycles. The van der Waals surface area contributed by atoms with Crippen LogP contribution in [0.5, 0.6) is 0 Å². The largest absolute Gasteiger partial charge is 0.352 e. The highest BCUT2D eigenvalue weighted by atomic mass is 16.2. The maximum Gasteiger partial charge on any atom is 0.238 e. The second kappa shape index (κ2) is 10.4. The number of rotatable bonds is 9. The Morgan fingerprint density at radius 3 is 2.57 bits per heavy atom. The predicted octanol–water partition coefficient (Wildman–Crippen LogP) is 2.62. The predicted molar refractivity (Wildman–Crippen MR) is 117 cm³/mol. The van der Waals surface area contributed by atoms with Crippen molar-refractivity contribution in [2.24, 2.45) is 0 Å². The van der Waals surface area contributed by atoms with Gasteiger partial charge in [0, 0.05) is 24.8 Å². The van der Waals surface area contributed by atoms with Gasteiger partial charge in [0.2, 0.25) is 11.8 Å². The average Bonchev–Trinajstić information content (AvgIpc) is 3.20. The van der Waals surface area contributed by atoms with Crippen LogP contribution in [-0.4, -0.2) is 47.1 Å². The first-order valence-electron chi connectivity index (χ1n) is 9.89. The first-order chi connectivity index (χ1) is 14.5. The molecule has 2 N–H and O–H groups in total. The summed E-state index contributed by atoms with van der Waals surface area (Å²) in [6.07, 6.45) is 4.75. The minimum absolute atomic E-state index is 0.0236. The van der Waals surface area contributed by atoms with Crippen molar-refractivity contribution >= 4 is 17.5 Å². The van der Waals surface area contributed by atoms with E-state index in [1.807, 2.05) is 84.5 Å². The van der Waals surface area contributed by atoms with Gasteiger partial charge in [0.25, 0.3) is 0 Å². The molecule has 1 heterocycles.